The van der Waals surface area contributed by atoms with E-state index in [0.29, 0.717) is 23.4 Å². The van der Waals surface area contributed by atoms with E-state index in [1.807, 2.05) is 24.3 Å². The van der Waals surface area contributed by atoms with Gasteiger partial charge in [-0.25, -0.2) is 0 Å². The molecule has 0 aliphatic rings. The van der Waals surface area contributed by atoms with E-state index in [9.17, 15) is 22.8 Å². The number of rotatable bonds is 7. The Morgan fingerprint density at radius 3 is 1.52 bits per heavy atom. The Labute approximate surface area is 177 Å². The van der Waals surface area contributed by atoms with Gasteiger partial charge in [-0.1, -0.05) is 48.5 Å². The molecule has 0 bridgehead atoms. The lowest BCUT2D eigenvalue weighted by molar-refractivity contribution is -0.170. The summed E-state index contributed by atoms with van der Waals surface area (Å²) in [6.07, 6.45) is -5.10. The summed E-state index contributed by atoms with van der Waals surface area (Å²) in [6, 6.07) is 20.9. The predicted molar refractivity (Wildman–Crippen MR) is 112 cm³/mol. The summed E-state index contributed by atoms with van der Waals surface area (Å²) in [4.78, 5) is 22.2. The number of halogens is 3. The molecule has 0 aliphatic carbocycles. The Morgan fingerprint density at radius 1 is 0.677 bits per heavy atom. The van der Waals surface area contributed by atoms with E-state index in [1.165, 1.54) is 12.1 Å². The van der Waals surface area contributed by atoms with E-state index < -0.39 is 18.4 Å². The number of azo groups is 1. The first-order valence-corrected chi connectivity index (χ1v) is 9.50. The summed E-state index contributed by atoms with van der Waals surface area (Å²) in [5.74, 6) is -1.66. The third kappa shape index (κ3) is 6.44. The molecule has 0 unspecified atom stereocenters. The van der Waals surface area contributed by atoms with Crippen molar-refractivity contribution in [3.63, 3.8) is 0 Å². The van der Waals surface area contributed by atoms with E-state index in [2.05, 4.69) is 10.2 Å². The average Bonchev–Trinajstić information content (AvgIpc) is 2.73. The second-order valence-corrected chi connectivity index (χ2v) is 7.09. The van der Waals surface area contributed by atoms with Gasteiger partial charge < -0.3 is 0 Å². The standard InChI is InChI=1S/C24H19F3N2O2/c1-16(30)14-17-4-10-21(11-5-17)28-29-22-12-8-20(9-13-22)19-6-2-18(3-7-19)15-23(31)24(25,26)27/h2-13H,14-15H2,1H3. The van der Waals surface area contributed by atoms with Gasteiger partial charge in [0.05, 0.1) is 11.4 Å². The number of Topliss-reactive ketones (excluding diaryl/α,β-unsaturated/α-hetero) is 2. The van der Waals surface area contributed by atoms with Gasteiger partial charge >= 0.3 is 6.18 Å². The molecule has 4 nitrogen and oxygen atoms in total. The van der Waals surface area contributed by atoms with Gasteiger partial charge in [0.15, 0.2) is 0 Å². The van der Waals surface area contributed by atoms with Crippen LogP contribution in [0.4, 0.5) is 24.5 Å². The van der Waals surface area contributed by atoms with E-state index in [1.54, 1.807) is 43.3 Å². The Bertz CT molecular complexity index is 1090. The first-order chi connectivity index (χ1) is 14.7. The molecule has 0 N–H and O–H groups in total. The van der Waals surface area contributed by atoms with Crippen LogP contribution in [0.15, 0.2) is 83.0 Å². The van der Waals surface area contributed by atoms with E-state index in [-0.39, 0.29) is 5.78 Å². The third-order valence-electron chi connectivity index (χ3n) is 4.51. The van der Waals surface area contributed by atoms with Crippen molar-refractivity contribution in [1.29, 1.82) is 0 Å². The zero-order valence-electron chi connectivity index (χ0n) is 16.7. The van der Waals surface area contributed by atoms with Crippen LogP contribution in [0.5, 0.6) is 0 Å². The summed E-state index contributed by atoms with van der Waals surface area (Å²) >= 11 is 0. The highest BCUT2D eigenvalue weighted by Gasteiger charge is 2.37. The maximum absolute atomic E-state index is 12.4. The van der Waals surface area contributed by atoms with Crippen LogP contribution in [-0.4, -0.2) is 17.7 Å². The van der Waals surface area contributed by atoms with Crippen LogP contribution in [0.25, 0.3) is 11.1 Å². The van der Waals surface area contributed by atoms with Crippen molar-refractivity contribution in [2.24, 2.45) is 10.2 Å². The van der Waals surface area contributed by atoms with Gasteiger partial charge in [-0.05, 0) is 53.4 Å². The zero-order valence-corrected chi connectivity index (χ0v) is 16.7. The number of carbonyl (C=O) groups is 2. The zero-order chi connectivity index (χ0) is 22.4. The van der Waals surface area contributed by atoms with Gasteiger partial charge in [0.2, 0.25) is 5.78 Å². The van der Waals surface area contributed by atoms with Crippen LogP contribution in [0, 0.1) is 0 Å². The molecule has 0 fully saturated rings. The molecule has 158 valence electrons. The van der Waals surface area contributed by atoms with Crippen molar-refractivity contribution in [2.45, 2.75) is 25.9 Å². The molecular formula is C24H19F3N2O2. The molecule has 7 heteroatoms. The Hall–Kier alpha value is -3.61. The van der Waals surface area contributed by atoms with Gasteiger partial charge in [-0.3, -0.25) is 9.59 Å². The summed E-state index contributed by atoms with van der Waals surface area (Å²) in [7, 11) is 0. The first kappa shape index (κ1) is 22.1. The first-order valence-electron chi connectivity index (χ1n) is 9.50. The minimum absolute atomic E-state index is 0.0962. The lowest BCUT2D eigenvalue weighted by atomic mass is 10.0. The number of benzene rings is 3. The van der Waals surface area contributed by atoms with Crippen LogP contribution in [0.3, 0.4) is 0 Å². The Morgan fingerprint density at radius 2 is 1.06 bits per heavy atom. The SMILES string of the molecule is CC(=O)Cc1ccc(N=Nc2ccc(-c3ccc(CC(=O)C(F)(F)F)cc3)cc2)cc1. The third-order valence-corrected chi connectivity index (χ3v) is 4.51. The highest BCUT2D eigenvalue weighted by molar-refractivity contribution is 5.86. The van der Waals surface area contributed by atoms with Gasteiger partial charge in [0, 0.05) is 12.8 Å². The Kier molecular flexibility index (Phi) is 6.74. The predicted octanol–water partition coefficient (Wildman–Crippen LogP) is 6.57. The minimum Gasteiger partial charge on any atom is -0.300 e. The van der Waals surface area contributed by atoms with Crippen LogP contribution < -0.4 is 0 Å². The van der Waals surface area contributed by atoms with Crippen molar-refractivity contribution in [2.75, 3.05) is 0 Å². The van der Waals surface area contributed by atoms with Crippen LogP contribution >= 0.6 is 0 Å². The summed E-state index contributed by atoms with van der Waals surface area (Å²) < 4.78 is 37.1. The molecular weight excluding hydrogens is 405 g/mol. The van der Waals surface area contributed by atoms with Gasteiger partial charge in [-0.2, -0.15) is 23.4 Å². The maximum atomic E-state index is 12.4. The van der Waals surface area contributed by atoms with Crippen molar-refractivity contribution in [3.8, 4) is 11.1 Å². The van der Waals surface area contributed by atoms with E-state index in [4.69, 9.17) is 0 Å². The molecule has 3 rings (SSSR count). The molecule has 0 atom stereocenters. The molecule has 0 aromatic heterocycles. The quantitative estimate of drug-likeness (QED) is 0.403. The van der Waals surface area contributed by atoms with Crippen molar-refractivity contribution < 1.29 is 22.8 Å². The largest absolute Gasteiger partial charge is 0.450 e. The van der Waals surface area contributed by atoms with Crippen molar-refractivity contribution in [3.05, 3.63) is 83.9 Å². The van der Waals surface area contributed by atoms with Crippen molar-refractivity contribution >= 4 is 22.9 Å². The summed E-state index contributed by atoms with van der Waals surface area (Å²) in [5.41, 5.74) is 4.22. The van der Waals surface area contributed by atoms with Crippen LogP contribution in [0.2, 0.25) is 0 Å². The molecule has 0 saturated heterocycles. The number of hydrogen-bond acceptors (Lipinski definition) is 4. The smallest absolute Gasteiger partial charge is 0.300 e. The highest BCUT2D eigenvalue weighted by atomic mass is 19.4. The number of carbonyl (C=O) groups excluding carboxylic acids is 2. The number of ketones is 2. The molecule has 0 radical (unpaired) electrons. The van der Waals surface area contributed by atoms with E-state index >= 15 is 0 Å². The van der Waals surface area contributed by atoms with Gasteiger partial charge in [-0.15, -0.1) is 0 Å². The average molecular weight is 424 g/mol. The number of hydrogen-bond donors (Lipinski definition) is 0. The normalized spacial score (nSPS) is 11.6. The molecule has 0 heterocycles. The fraction of sp³-hybridized carbons (Fsp3) is 0.167. The summed E-state index contributed by atoms with van der Waals surface area (Å²) in [5, 5.41) is 8.36. The van der Waals surface area contributed by atoms with Crippen LogP contribution in [0.1, 0.15) is 18.1 Å². The molecule has 0 aliphatic heterocycles. The van der Waals surface area contributed by atoms with Crippen LogP contribution in [-0.2, 0) is 22.4 Å². The maximum Gasteiger partial charge on any atom is 0.450 e. The van der Waals surface area contributed by atoms with E-state index in [0.717, 1.165) is 16.7 Å². The monoisotopic (exact) mass is 424 g/mol. The molecule has 31 heavy (non-hydrogen) atoms. The lowest BCUT2D eigenvalue weighted by Crippen LogP contribution is -2.24. The number of nitrogens with zero attached hydrogens (tertiary/aromatic N) is 2. The van der Waals surface area contributed by atoms with Gasteiger partial charge in [0.25, 0.3) is 0 Å². The molecule has 3 aromatic rings. The number of alkyl halides is 3. The molecule has 0 saturated carbocycles. The fourth-order valence-electron chi connectivity index (χ4n) is 2.90. The van der Waals surface area contributed by atoms with Gasteiger partial charge in [0.1, 0.15) is 5.78 Å². The minimum atomic E-state index is -4.82. The fourth-order valence-corrected chi connectivity index (χ4v) is 2.90. The molecule has 0 amide bonds. The van der Waals surface area contributed by atoms with Crippen molar-refractivity contribution in [1.82, 2.24) is 0 Å². The molecule has 3 aromatic carbocycles. The second kappa shape index (κ2) is 9.47. The second-order valence-electron chi connectivity index (χ2n) is 7.09. The lowest BCUT2D eigenvalue weighted by Gasteiger charge is -2.07. The topological polar surface area (TPSA) is 58.9 Å². The summed E-state index contributed by atoms with van der Waals surface area (Å²) in [6.45, 7) is 1.54. The highest BCUT2D eigenvalue weighted by Crippen LogP contribution is 2.25. The molecule has 0 spiro atoms. The Balaban J connectivity index is 1.64.